The van der Waals surface area contributed by atoms with Crippen LogP contribution >= 0.6 is 0 Å². The summed E-state index contributed by atoms with van der Waals surface area (Å²) in [6, 6.07) is 0. The molecule has 0 spiro atoms. The predicted molar refractivity (Wildman–Crippen MR) is 56.6 cm³/mol. The van der Waals surface area contributed by atoms with Gasteiger partial charge in [-0.05, 0) is 18.9 Å². The van der Waals surface area contributed by atoms with Gasteiger partial charge in [0.2, 0.25) is 0 Å². The molecule has 0 amide bonds. The zero-order valence-corrected chi connectivity index (χ0v) is 9.01. The molecule has 0 fully saturated rings. The maximum atomic E-state index is 11.3. The minimum absolute atomic E-state index is 0.360. The minimum atomic E-state index is 0.360. The fraction of sp³-hybridized carbons (Fsp3) is 0.909. The summed E-state index contributed by atoms with van der Waals surface area (Å²) >= 11 is 0. The summed E-state index contributed by atoms with van der Waals surface area (Å²) in [5.41, 5.74) is 5.44. The molecule has 2 heteroatoms. The van der Waals surface area contributed by atoms with Gasteiger partial charge in [-0.3, -0.25) is 4.79 Å². The smallest absolute Gasteiger partial charge is 0.133 e. The Balaban J connectivity index is 3.30. The lowest BCUT2D eigenvalue weighted by Gasteiger charge is -2.06. The fourth-order valence-corrected chi connectivity index (χ4v) is 1.32. The van der Waals surface area contributed by atoms with Crippen molar-refractivity contribution in [3.8, 4) is 0 Å². The molecule has 0 radical (unpaired) electrons. The molecule has 1 unspecified atom stereocenters. The number of hydrogen-bond acceptors (Lipinski definition) is 2. The van der Waals surface area contributed by atoms with Crippen LogP contribution in [0.25, 0.3) is 0 Å². The first-order chi connectivity index (χ1) is 6.20. The van der Waals surface area contributed by atoms with E-state index in [2.05, 4.69) is 6.92 Å². The van der Waals surface area contributed by atoms with Crippen LogP contribution in [0.4, 0.5) is 0 Å². The van der Waals surface area contributed by atoms with Crippen LogP contribution in [0.1, 0.15) is 52.4 Å². The number of ketones is 1. The van der Waals surface area contributed by atoms with Crippen LogP contribution in [0.2, 0.25) is 0 Å². The highest BCUT2D eigenvalue weighted by Gasteiger charge is 2.06. The van der Waals surface area contributed by atoms with Crippen molar-refractivity contribution in [2.45, 2.75) is 52.4 Å². The standard InChI is InChI=1S/C11H23NO/c1-3-4-5-6-7-11(13)8-10(2)9-12/h10H,3-9,12H2,1-2H3. The molecule has 0 aliphatic heterocycles. The number of nitrogens with two attached hydrogens (primary N) is 1. The van der Waals surface area contributed by atoms with Crippen molar-refractivity contribution in [1.82, 2.24) is 0 Å². The van der Waals surface area contributed by atoms with Crippen molar-refractivity contribution < 1.29 is 4.79 Å². The summed E-state index contributed by atoms with van der Waals surface area (Å²) in [4.78, 5) is 11.3. The minimum Gasteiger partial charge on any atom is -0.330 e. The Morgan fingerprint density at radius 2 is 2.00 bits per heavy atom. The van der Waals surface area contributed by atoms with Gasteiger partial charge in [0.1, 0.15) is 5.78 Å². The van der Waals surface area contributed by atoms with Crippen molar-refractivity contribution in [1.29, 1.82) is 0 Å². The molecule has 78 valence electrons. The van der Waals surface area contributed by atoms with Crippen molar-refractivity contribution >= 4 is 5.78 Å². The summed E-state index contributed by atoms with van der Waals surface area (Å²) in [5.74, 6) is 0.743. The van der Waals surface area contributed by atoms with E-state index in [1.807, 2.05) is 6.92 Å². The van der Waals surface area contributed by atoms with E-state index < -0.39 is 0 Å². The third kappa shape index (κ3) is 7.97. The molecule has 0 aromatic rings. The van der Waals surface area contributed by atoms with Crippen LogP contribution in [0, 0.1) is 5.92 Å². The number of carbonyl (C=O) groups excluding carboxylic acids is 1. The molecule has 0 aliphatic rings. The summed E-state index contributed by atoms with van der Waals surface area (Å²) in [6.45, 7) is 4.84. The van der Waals surface area contributed by atoms with Crippen LogP contribution in [0.15, 0.2) is 0 Å². The lowest BCUT2D eigenvalue weighted by atomic mass is 10.0. The van der Waals surface area contributed by atoms with E-state index in [1.54, 1.807) is 0 Å². The lowest BCUT2D eigenvalue weighted by Crippen LogP contribution is -2.14. The Morgan fingerprint density at radius 1 is 1.31 bits per heavy atom. The van der Waals surface area contributed by atoms with Gasteiger partial charge in [-0.15, -0.1) is 0 Å². The van der Waals surface area contributed by atoms with Gasteiger partial charge >= 0.3 is 0 Å². The van der Waals surface area contributed by atoms with E-state index in [9.17, 15) is 4.79 Å². The van der Waals surface area contributed by atoms with Gasteiger partial charge in [-0.2, -0.15) is 0 Å². The SMILES string of the molecule is CCCCCCC(=O)CC(C)CN. The predicted octanol–water partition coefficient (Wildman–Crippen LogP) is 2.51. The van der Waals surface area contributed by atoms with Crippen molar-refractivity contribution in [3.05, 3.63) is 0 Å². The Morgan fingerprint density at radius 3 is 2.54 bits per heavy atom. The van der Waals surface area contributed by atoms with Crippen molar-refractivity contribution in [3.63, 3.8) is 0 Å². The first-order valence-electron chi connectivity index (χ1n) is 5.42. The van der Waals surface area contributed by atoms with E-state index in [0.29, 0.717) is 24.7 Å². The summed E-state index contributed by atoms with van der Waals surface area (Å²) in [7, 11) is 0. The topological polar surface area (TPSA) is 43.1 Å². The van der Waals surface area contributed by atoms with Gasteiger partial charge in [0.05, 0.1) is 0 Å². The number of Topliss-reactive ketones (excluding diaryl/α,β-unsaturated/α-hetero) is 1. The van der Waals surface area contributed by atoms with Crippen LogP contribution in [0.3, 0.4) is 0 Å². The number of rotatable bonds is 8. The van der Waals surface area contributed by atoms with Crippen LogP contribution in [0.5, 0.6) is 0 Å². The van der Waals surface area contributed by atoms with E-state index >= 15 is 0 Å². The second-order valence-corrected chi connectivity index (χ2v) is 3.89. The van der Waals surface area contributed by atoms with Gasteiger partial charge in [0, 0.05) is 12.8 Å². The third-order valence-electron chi connectivity index (χ3n) is 2.29. The summed E-state index contributed by atoms with van der Waals surface area (Å²) < 4.78 is 0. The van der Waals surface area contributed by atoms with E-state index in [4.69, 9.17) is 5.73 Å². The largest absolute Gasteiger partial charge is 0.330 e. The molecule has 0 aromatic carbocycles. The van der Waals surface area contributed by atoms with Crippen molar-refractivity contribution in [2.75, 3.05) is 6.54 Å². The lowest BCUT2D eigenvalue weighted by molar-refractivity contribution is -0.119. The Hall–Kier alpha value is -0.370. The highest BCUT2D eigenvalue weighted by atomic mass is 16.1. The quantitative estimate of drug-likeness (QED) is 0.590. The molecule has 0 heterocycles. The normalized spacial score (nSPS) is 12.8. The molecule has 0 rings (SSSR count). The highest BCUT2D eigenvalue weighted by Crippen LogP contribution is 2.07. The Labute approximate surface area is 81.9 Å². The van der Waals surface area contributed by atoms with Crippen LogP contribution in [-0.2, 0) is 4.79 Å². The van der Waals surface area contributed by atoms with Crippen LogP contribution < -0.4 is 5.73 Å². The molecule has 0 bridgehead atoms. The molecular formula is C11H23NO. The van der Waals surface area contributed by atoms with Crippen LogP contribution in [-0.4, -0.2) is 12.3 Å². The average Bonchev–Trinajstić information content (AvgIpc) is 2.12. The molecule has 2 N–H and O–H groups in total. The molecular weight excluding hydrogens is 162 g/mol. The Bertz CT molecular complexity index is 134. The maximum Gasteiger partial charge on any atom is 0.133 e. The Kier molecular flexibility index (Phi) is 8.00. The maximum absolute atomic E-state index is 11.3. The average molecular weight is 185 g/mol. The monoisotopic (exact) mass is 185 g/mol. The zero-order chi connectivity index (χ0) is 10.1. The van der Waals surface area contributed by atoms with E-state index in [1.165, 1.54) is 19.3 Å². The molecule has 13 heavy (non-hydrogen) atoms. The molecule has 0 aromatic heterocycles. The number of unbranched alkanes of at least 4 members (excludes halogenated alkanes) is 3. The van der Waals surface area contributed by atoms with Gasteiger partial charge in [-0.1, -0.05) is 33.1 Å². The first kappa shape index (κ1) is 12.6. The van der Waals surface area contributed by atoms with Gasteiger partial charge in [0.25, 0.3) is 0 Å². The zero-order valence-electron chi connectivity index (χ0n) is 9.01. The molecule has 0 saturated carbocycles. The van der Waals surface area contributed by atoms with Gasteiger partial charge < -0.3 is 5.73 Å². The van der Waals surface area contributed by atoms with Crippen molar-refractivity contribution in [2.24, 2.45) is 11.7 Å². The fourth-order valence-electron chi connectivity index (χ4n) is 1.32. The summed E-state index contributed by atoms with van der Waals surface area (Å²) in [5, 5.41) is 0. The van der Waals surface area contributed by atoms with E-state index in [0.717, 1.165) is 12.8 Å². The molecule has 2 nitrogen and oxygen atoms in total. The molecule has 0 aliphatic carbocycles. The first-order valence-corrected chi connectivity index (χ1v) is 5.42. The second kappa shape index (κ2) is 8.24. The third-order valence-corrected chi connectivity index (χ3v) is 2.29. The molecule has 0 saturated heterocycles. The molecule has 1 atom stereocenters. The number of hydrogen-bond donors (Lipinski definition) is 1. The van der Waals surface area contributed by atoms with Gasteiger partial charge in [0.15, 0.2) is 0 Å². The summed E-state index contributed by atoms with van der Waals surface area (Å²) in [6.07, 6.45) is 6.16. The second-order valence-electron chi connectivity index (χ2n) is 3.89. The number of carbonyl (C=O) groups is 1. The van der Waals surface area contributed by atoms with E-state index in [-0.39, 0.29) is 0 Å². The van der Waals surface area contributed by atoms with Gasteiger partial charge in [-0.25, -0.2) is 0 Å². The highest BCUT2D eigenvalue weighted by molar-refractivity contribution is 5.78.